The van der Waals surface area contributed by atoms with Crippen molar-refractivity contribution in [3.05, 3.63) is 84.2 Å². The van der Waals surface area contributed by atoms with E-state index in [-0.39, 0.29) is 17.4 Å². The molecule has 2 heterocycles. The number of rotatable bonds is 7. The Morgan fingerprint density at radius 2 is 1.78 bits per heavy atom. The summed E-state index contributed by atoms with van der Waals surface area (Å²) in [6.07, 6.45) is 3.46. The highest BCUT2D eigenvalue weighted by atomic mass is 32.2. The molecule has 1 amide bonds. The van der Waals surface area contributed by atoms with Crippen molar-refractivity contribution in [2.75, 3.05) is 11.1 Å². The van der Waals surface area contributed by atoms with Crippen LogP contribution in [-0.4, -0.2) is 37.2 Å². The second-order valence-corrected chi connectivity index (χ2v) is 8.08. The molecule has 0 aliphatic rings. The van der Waals surface area contributed by atoms with Crippen molar-refractivity contribution in [1.82, 2.24) is 19.7 Å². The van der Waals surface area contributed by atoms with Gasteiger partial charge < -0.3 is 5.32 Å². The van der Waals surface area contributed by atoms with Crippen LogP contribution in [0.25, 0.3) is 17.1 Å². The molecule has 4 rings (SSSR count). The number of hydrogen-bond donors (Lipinski definition) is 1. The molecule has 0 bridgehead atoms. The Bertz CT molecular complexity index is 1250. The Morgan fingerprint density at radius 3 is 2.47 bits per heavy atom. The minimum Gasteiger partial charge on any atom is -0.326 e. The van der Waals surface area contributed by atoms with E-state index in [1.807, 2.05) is 47.9 Å². The molecular formula is C24H21N5O2S. The van der Waals surface area contributed by atoms with Crippen LogP contribution in [0.4, 0.5) is 5.69 Å². The molecular weight excluding hydrogens is 422 g/mol. The number of aryl methyl sites for hydroxylation is 1. The van der Waals surface area contributed by atoms with Gasteiger partial charge in [-0.25, -0.2) is 0 Å². The minimum atomic E-state index is -0.153. The van der Waals surface area contributed by atoms with E-state index in [1.54, 1.807) is 36.7 Å². The van der Waals surface area contributed by atoms with Crippen LogP contribution in [0.3, 0.4) is 0 Å². The summed E-state index contributed by atoms with van der Waals surface area (Å²) in [6.45, 7) is 3.47. The molecule has 0 aliphatic heterocycles. The summed E-state index contributed by atoms with van der Waals surface area (Å²) in [5.41, 5.74) is 4.09. The molecule has 160 valence electrons. The van der Waals surface area contributed by atoms with Gasteiger partial charge in [-0.3, -0.25) is 19.1 Å². The van der Waals surface area contributed by atoms with Gasteiger partial charge in [0.15, 0.2) is 16.8 Å². The summed E-state index contributed by atoms with van der Waals surface area (Å²) in [7, 11) is 0. The average molecular weight is 444 g/mol. The smallest absolute Gasteiger partial charge is 0.221 e. The van der Waals surface area contributed by atoms with Crippen molar-refractivity contribution >= 4 is 29.1 Å². The fourth-order valence-electron chi connectivity index (χ4n) is 3.23. The Kier molecular flexibility index (Phi) is 6.42. The third-order valence-electron chi connectivity index (χ3n) is 4.77. The quantitative estimate of drug-likeness (QED) is 0.332. The van der Waals surface area contributed by atoms with Crippen LogP contribution >= 0.6 is 11.8 Å². The van der Waals surface area contributed by atoms with E-state index in [9.17, 15) is 9.59 Å². The predicted octanol–water partition coefficient (Wildman–Crippen LogP) is 4.57. The van der Waals surface area contributed by atoms with Gasteiger partial charge in [-0.1, -0.05) is 30.0 Å². The van der Waals surface area contributed by atoms with Crippen molar-refractivity contribution in [1.29, 1.82) is 0 Å². The number of thioether (sulfide) groups is 1. The SMILES string of the molecule is CC(=O)Nc1ccc(C(=O)CSc2nnc(-c3cccnc3)n2-c2ccccc2C)cc1. The van der Waals surface area contributed by atoms with E-state index < -0.39 is 0 Å². The number of nitrogens with zero attached hydrogens (tertiary/aromatic N) is 4. The van der Waals surface area contributed by atoms with Gasteiger partial charge in [-0.2, -0.15) is 0 Å². The molecule has 0 spiro atoms. The number of aromatic nitrogens is 4. The number of pyridine rings is 1. The molecule has 8 heteroatoms. The lowest BCUT2D eigenvalue weighted by Gasteiger charge is -2.12. The number of hydrogen-bond acceptors (Lipinski definition) is 6. The average Bonchev–Trinajstić information content (AvgIpc) is 3.22. The molecule has 0 saturated carbocycles. The van der Waals surface area contributed by atoms with Crippen LogP contribution in [0.2, 0.25) is 0 Å². The van der Waals surface area contributed by atoms with E-state index in [1.165, 1.54) is 18.7 Å². The van der Waals surface area contributed by atoms with Gasteiger partial charge in [0.05, 0.1) is 11.4 Å². The number of nitrogens with one attached hydrogen (secondary N) is 1. The van der Waals surface area contributed by atoms with E-state index in [2.05, 4.69) is 20.5 Å². The van der Waals surface area contributed by atoms with Gasteiger partial charge in [-0.05, 0) is 55.0 Å². The lowest BCUT2D eigenvalue weighted by atomic mass is 10.1. The summed E-state index contributed by atoms with van der Waals surface area (Å²) < 4.78 is 1.96. The topological polar surface area (TPSA) is 89.8 Å². The molecule has 32 heavy (non-hydrogen) atoms. The van der Waals surface area contributed by atoms with Gasteiger partial charge in [0.25, 0.3) is 0 Å². The molecule has 0 fully saturated rings. The Labute approximate surface area is 189 Å². The van der Waals surface area contributed by atoms with Crippen molar-refractivity contribution < 1.29 is 9.59 Å². The zero-order chi connectivity index (χ0) is 22.5. The molecule has 0 saturated heterocycles. The van der Waals surface area contributed by atoms with Crippen LogP contribution in [0.15, 0.2) is 78.2 Å². The van der Waals surface area contributed by atoms with Gasteiger partial charge in [-0.15, -0.1) is 10.2 Å². The van der Waals surface area contributed by atoms with Crippen molar-refractivity contribution in [3.63, 3.8) is 0 Å². The maximum atomic E-state index is 12.8. The first-order valence-electron chi connectivity index (χ1n) is 9.98. The van der Waals surface area contributed by atoms with Gasteiger partial charge in [0.2, 0.25) is 5.91 Å². The monoisotopic (exact) mass is 443 g/mol. The Morgan fingerprint density at radius 1 is 1.00 bits per heavy atom. The largest absolute Gasteiger partial charge is 0.326 e. The fourth-order valence-corrected chi connectivity index (χ4v) is 4.07. The van der Waals surface area contributed by atoms with Crippen LogP contribution in [0.5, 0.6) is 0 Å². The first-order chi connectivity index (χ1) is 15.5. The number of benzene rings is 2. The molecule has 2 aromatic heterocycles. The zero-order valence-electron chi connectivity index (χ0n) is 17.6. The molecule has 1 N–H and O–H groups in total. The predicted molar refractivity (Wildman–Crippen MR) is 125 cm³/mol. The second kappa shape index (κ2) is 9.57. The second-order valence-electron chi connectivity index (χ2n) is 7.14. The van der Waals surface area contributed by atoms with Crippen LogP contribution in [0.1, 0.15) is 22.8 Å². The van der Waals surface area contributed by atoms with Crippen molar-refractivity contribution in [2.24, 2.45) is 0 Å². The van der Waals surface area contributed by atoms with E-state index in [0.29, 0.717) is 22.2 Å². The number of para-hydroxylation sites is 1. The number of carbonyl (C=O) groups is 2. The lowest BCUT2D eigenvalue weighted by molar-refractivity contribution is -0.114. The first kappa shape index (κ1) is 21.5. The third-order valence-corrected chi connectivity index (χ3v) is 5.70. The number of ketones is 1. The third kappa shape index (κ3) is 4.76. The van der Waals surface area contributed by atoms with E-state index in [4.69, 9.17) is 0 Å². The molecule has 0 radical (unpaired) electrons. The highest BCUT2D eigenvalue weighted by Gasteiger charge is 2.19. The van der Waals surface area contributed by atoms with Crippen LogP contribution in [-0.2, 0) is 4.79 Å². The maximum Gasteiger partial charge on any atom is 0.221 e. The lowest BCUT2D eigenvalue weighted by Crippen LogP contribution is -2.07. The number of Topliss-reactive ketones (excluding diaryl/α,β-unsaturated/α-hetero) is 1. The van der Waals surface area contributed by atoms with Crippen LogP contribution < -0.4 is 5.32 Å². The molecule has 2 aromatic carbocycles. The molecule has 0 aliphatic carbocycles. The number of anilines is 1. The minimum absolute atomic E-state index is 0.0355. The molecule has 0 unspecified atom stereocenters. The number of amides is 1. The highest BCUT2D eigenvalue weighted by Crippen LogP contribution is 2.29. The summed E-state index contributed by atoms with van der Waals surface area (Å²) in [4.78, 5) is 28.1. The van der Waals surface area contributed by atoms with E-state index in [0.717, 1.165) is 16.8 Å². The normalized spacial score (nSPS) is 10.7. The van der Waals surface area contributed by atoms with Crippen molar-refractivity contribution in [3.8, 4) is 17.1 Å². The Balaban J connectivity index is 1.60. The first-order valence-corrected chi connectivity index (χ1v) is 11.0. The fraction of sp³-hybridized carbons (Fsp3) is 0.125. The standard InChI is InChI=1S/C24H21N5O2S/c1-16-6-3-4-8-21(16)29-23(19-7-5-13-25-14-19)27-28-24(29)32-15-22(31)18-9-11-20(12-10-18)26-17(2)30/h3-14H,15H2,1-2H3,(H,26,30). The van der Waals surface area contributed by atoms with Crippen LogP contribution in [0, 0.1) is 6.92 Å². The molecule has 0 atom stereocenters. The van der Waals surface area contributed by atoms with Gasteiger partial charge in [0, 0.05) is 36.1 Å². The van der Waals surface area contributed by atoms with Crippen molar-refractivity contribution in [2.45, 2.75) is 19.0 Å². The highest BCUT2D eigenvalue weighted by molar-refractivity contribution is 7.99. The Hall–Kier alpha value is -3.78. The van der Waals surface area contributed by atoms with E-state index >= 15 is 0 Å². The summed E-state index contributed by atoms with van der Waals surface area (Å²) in [5, 5.41) is 12.1. The van der Waals surface area contributed by atoms with Gasteiger partial charge in [0.1, 0.15) is 0 Å². The summed E-state index contributed by atoms with van der Waals surface area (Å²) in [6, 6.07) is 18.6. The van der Waals surface area contributed by atoms with Gasteiger partial charge >= 0.3 is 0 Å². The molecule has 7 nitrogen and oxygen atoms in total. The number of carbonyl (C=O) groups excluding carboxylic acids is 2. The maximum absolute atomic E-state index is 12.8. The summed E-state index contributed by atoms with van der Waals surface area (Å²) in [5.74, 6) is 0.685. The summed E-state index contributed by atoms with van der Waals surface area (Å²) >= 11 is 1.33. The molecule has 4 aromatic rings. The zero-order valence-corrected chi connectivity index (χ0v) is 18.5.